The molecule has 0 bridgehead atoms. The number of hydrogen-bond acceptors (Lipinski definition) is 9. The number of nitrogens with one attached hydrogen (secondary N) is 2. The lowest BCUT2D eigenvalue weighted by Gasteiger charge is -2.16. The van der Waals surface area contributed by atoms with Crippen molar-refractivity contribution in [3.63, 3.8) is 0 Å². The first kappa shape index (κ1) is 19.4. The van der Waals surface area contributed by atoms with Gasteiger partial charge < -0.3 is 15.4 Å². The molecule has 0 aromatic carbocycles. The third-order valence-electron chi connectivity index (χ3n) is 4.05. The van der Waals surface area contributed by atoms with E-state index in [1.54, 1.807) is 19.2 Å². The van der Waals surface area contributed by atoms with Crippen LogP contribution in [0.3, 0.4) is 0 Å². The molecule has 12 heteroatoms. The largest absolute Gasteiger partial charge is 0.376 e. The molecule has 0 aliphatic rings. The number of aromatic amines is 1. The number of anilines is 2. The van der Waals surface area contributed by atoms with E-state index in [4.69, 9.17) is 0 Å². The van der Waals surface area contributed by atoms with Gasteiger partial charge in [-0.15, -0.1) is 21.5 Å². The van der Waals surface area contributed by atoms with Gasteiger partial charge in [-0.05, 0) is 13.8 Å². The summed E-state index contributed by atoms with van der Waals surface area (Å²) in [5, 5.41) is 29.5. The van der Waals surface area contributed by atoms with Crippen LogP contribution in [0.2, 0.25) is 0 Å². The zero-order valence-electron chi connectivity index (χ0n) is 15.4. The topological polar surface area (TPSA) is 122 Å². The summed E-state index contributed by atoms with van der Waals surface area (Å²) in [6.07, 6.45) is 3.03. The van der Waals surface area contributed by atoms with E-state index in [0.29, 0.717) is 21.0 Å². The minimum Gasteiger partial charge on any atom is -0.376 e. The van der Waals surface area contributed by atoms with Crippen LogP contribution in [0.1, 0.15) is 28.3 Å². The highest BCUT2D eigenvalue weighted by molar-refractivity contribution is 7.15. The number of aliphatic hydroxyl groups is 1. The van der Waals surface area contributed by atoms with Crippen molar-refractivity contribution in [3.05, 3.63) is 67.4 Å². The summed E-state index contributed by atoms with van der Waals surface area (Å²) in [5.41, 5.74) is -1.05. The van der Waals surface area contributed by atoms with Gasteiger partial charge >= 0.3 is 0 Å². The number of aryl methyl sites for hydroxylation is 1. The Bertz CT molecular complexity index is 1210. The minimum absolute atomic E-state index is 0.0725. The summed E-state index contributed by atoms with van der Waals surface area (Å²) in [4.78, 5) is 18.4. The Hall–Kier alpha value is -2.96. The number of rotatable bonds is 6. The van der Waals surface area contributed by atoms with Gasteiger partial charge in [-0.3, -0.25) is 9.48 Å². The van der Waals surface area contributed by atoms with Gasteiger partial charge in [0.1, 0.15) is 5.01 Å². The standard InChI is InChI=1S/C17H16FN7O2S2/c1-9-8-28-14(20-9)17(2,27)15-22-23-16(29-15)21-12-4-6-25(24-12)7-10-13(18)11(26)3-5-19-10/h3-6,8,27H,7H2,1-2H3,(H,19,26)(H,21,23,24). The molecule has 0 fully saturated rings. The first-order valence-electron chi connectivity index (χ1n) is 8.48. The highest BCUT2D eigenvalue weighted by Crippen LogP contribution is 2.34. The van der Waals surface area contributed by atoms with Gasteiger partial charge in [0.2, 0.25) is 10.6 Å². The lowest BCUT2D eigenvalue weighted by atomic mass is 10.1. The fraction of sp³-hybridized carbons (Fsp3) is 0.235. The maximum Gasteiger partial charge on any atom is 0.217 e. The number of nitrogens with zero attached hydrogens (tertiary/aromatic N) is 5. The second-order valence-electron chi connectivity index (χ2n) is 6.44. The second kappa shape index (κ2) is 7.46. The van der Waals surface area contributed by atoms with Gasteiger partial charge in [0, 0.05) is 35.6 Å². The third-order valence-corrected chi connectivity index (χ3v) is 6.27. The van der Waals surface area contributed by atoms with Crippen LogP contribution in [0, 0.1) is 12.7 Å². The Morgan fingerprint density at radius 1 is 1.34 bits per heavy atom. The average molecular weight is 433 g/mol. The minimum atomic E-state index is -1.34. The van der Waals surface area contributed by atoms with Gasteiger partial charge in [-0.1, -0.05) is 11.3 Å². The Labute approximate surface area is 171 Å². The van der Waals surface area contributed by atoms with E-state index in [2.05, 4.69) is 30.6 Å². The molecule has 0 aliphatic heterocycles. The zero-order chi connectivity index (χ0) is 20.6. The number of thiazole rings is 1. The lowest BCUT2D eigenvalue weighted by molar-refractivity contribution is 0.101. The quantitative estimate of drug-likeness (QED) is 0.427. The number of pyridine rings is 1. The van der Waals surface area contributed by atoms with Crippen molar-refractivity contribution in [2.24, 2.45) is 0 Å². The van der Waals surface area contributed by atoms with Crippen LogP contribution in [0.4, 0.5) is 15.3 Å². The molecular formula is C17H16FN7O2S2. The second-order valence-corrected chi connectivity index (χ2v) is 8.27. The molecule has 4 rings (SSSR count). The van der Waals surface area contributed by atoms with Gasteiger partial charge in [0.15, 0.2) is 22.2 Å². The molecule has 0 amide bonds. The molecule has 1 unspecified atom stereocenters. The van der Waals surface area contributed by atoms with Crippen molar-refractivity contribution in [2.45, 2.75) is 26.0 Å². The molecule has 0 aliphatic carbocycles. The van der Waals surface area contributed by atoms with Crippen molar-refractivity contribution in [2.75, 3.05) is 5.32 Å². The monoisotopic (exact) mass is 433 g/mol. The van der Waals surface area contributed by atoms with Crippen molar-refractivity contribution in [1.82, 2.24) is 29.9 Å². The predicted octanol–water partition coefficient (Wildman–Crippen LogP) is 2.37. The van der Waals surface area contributed by atoms with Crippen LogP contribution in [-0.2, 0) is 12.1 Å². The molecule has 4 aromatic heterocycles. The number of hydrogen-bond donors (Lipinski definition) is 3. The molecule has 1 atom stereocenters. The SMILES string of the molecule is Cc1csc(C(C)(O)c2nnc(Nc3ccn(Cc4[nH]ccc(=O)c4F)n3)s2)n1. The molecule has 150 valence electrons. The molecule has 9 nitrogen and oxygen atoms in total. The van der Waals surface area contributed by atoms with Gasteiger partial charge in [-0.2, -0.15) is 5.10 Å². The normalized spacial score (nSPS) is 13.4. The molecule has 3 N–H and O–H groups in total. The number of aromatic nitrogens is 6. The fourth-order valence-electron chi connectivity index (χ4n) is 2.55. The van der Waals surface area contributed by atoms with Gasteiger partial charge in [-0.25, -0.2) is 9.37 Å². The van der Waals surface area contributed by atoms with E-state index in [-0.39, 0.29) is 12.2 Å². The molecule has 0 spiro atoms. The van der Waals surface area contributed by atoms with Crippen molar-refractivity contribution < 1.29 is 9.50 Å². The van der Waals surface area contributed by atoms with E-state index in [1.807, 2.05) is 12.3 Å². The molecule has 0 radical (unpaired) electrons. The first-order valence-corrected chi connectivity index (χ1v) is 10.2. The highest BCUT2D eigenvalue weighted by atomic mass is 32.1. The molecule has 0 saturated carbocycles. The van der Waals surface area contributed by atoms with Crippen LogP contribution in [0.15, 0.2) is 34.7 Å². The van der Waals surface area contributed by atoms with Crippen LogP contribution < -0.4 is 10.7 Å². The Kier molecular flexibility index (Phi) is 4.98. The smallest absolute Gasteiger partial charge is 0.217 e. The van der Waals surface area contributed by atoms with E-state index in [9.17, 15) is 14.3 Å². The molecular weight excluding hydrogens is 417 g/mol. The van der Waals surface area contributed by atoms with E-state index in [1.165, 1.54) is 33.6 Å². The Morgan fingerprint density at radius 2 is 2.17 bits per heavy atom. The Morgan fingerprint density at radius 3 is 2.93 bits per heavy atom. The van der Waals surface area contributed by atoms with Crippen molar-refractivity contribution >= 4 is 33.6 Å². The third kappa shape index (κ3) is 3.95. The van der Waals surface area contributed by atoms with Crippen LogP contribution in [-0.4, -0.2) is 35.1 Å². The number of halogens is 1. The highest BCUT2D eigenvalue weighted by Gasteiger charge is 2.33. The molecule has 29 heavy (non-hydrogen) atoms. The summed E-state index contributed by atoms with van der Waals surface area (Å²) in [6, 6.07) is 2.81. The summed E-state index contributed by atoms with van der Waals surface area (Å²) < 4.78 is 15.3. The zero-order valence-corrected chi connectivity index (χ0v) is 17.0. The van der Waals surface area contributed by atoms with E-state index < -0.39 is 16.8 Å². The van der Waals surface area contributed by atoms with Crippen LogP contribution in [0.25, 0.3) is 0 Å². The van der Waals surface area contributed by atoms with Crippen LogP contribution in [0.5, 0.6) is 0 Å². The number of H-pyrrole nitrogens is 1. The van der Waals surface area contributed by atoms with Gasteiger partial charge in [0.25, 0.3) is 0 Å². The molecule has 4 heterocycles. The summed E-state index contributed by atoms with van der Waals surface area (Å²) in [6.45, 7) is 3.55. The average Bonchev–Trinajstić information content (AvgIpc) is 3.41. The maximum atomic E-state index is 13.9. The van der Waals surface area contributed by atoms with Crippen molar-refractivity contribution in [1.29, 1.82) is 0 Å². The summed E-state index contributed by atoms with van der Waals surface area (Å²) in [5.74, 6) is -0.359. The predicted molar refractivity (Wildman–Crippen MR) is 107 cm³/mol. The fourth-order valence-corrected chi connectivity index (χ4v) is 4.27. The van der Waals surface area contributed by atoms with Crippen LogP contribution >= 0.6 is 22.7 Å². The maximum absolute atomic E-state index is 13.9. The first-order chi connectivity index (χ1) is 13.8. The molecule has 0 saturated heterocycles. The molecule has 4 aromatic rings. The van der Waals surface area contributed by atoms with E-state index >= 15 is 0 Å². The van der Waals surface area contributed by atoms with Gasteiger partial charge in [0.05, 0.1) is 12.2 Å². The summed E-state index contributed by atoms with van der Waals surface area (Å²) in [7, 11) is 0. The Balaban J connectivity index is 1.48. The lowest BCUT2D eigenvalue weighted by Crippen LogP contribution is -2.22. The van der Waals surface area contributed by atoms with E-state index in [0.717, 1.165) is 11.8 Å². The summed E-state index contributed by atoms with van der Waals surface area (Å²) >= 11 is 2.54. The van der Waals surface area contributed by atoms with Crippen molar-refractivity contribution in [3.8, 4) is 0 Å².